The SMILES string of the molecule is CCC(C)(C)C(=O)O.COc1cc(S(=O)(=O)N2CCOc3ccc(-c4cccc(C(F)(F)F)n4)cc32)ccc1F. The summed E-state index contributed by atoms with van der Waals surface area (Å²) in [5.41, 5.74) is -1.17. The van der Waals surface area contributed by atoms with Crippen LogP contribution in [-0.4, -0.2) is 44.7 Å². The van der Waals surface area contributed by atoms with Crippen molar-refractivity contribution in [2.75, 3.05) is 24.6 Å². The van der Waals surface area contributed by atoms with Gasteiger partial charge in [-0.15, -0.1) is 0 Å². The van der Waals surface area contributed by atoms with Gasteiger partial charge in [-0.3, -0.25) is 9.10 Å². The van der Waals surface area contributed by atoms with Crippen LogP contribution >= 0.6 is 0 Å². The van der Waals surface area contributed by atoms with Gasteiger partial charge in [0, 0.05) is 11.6 Å². The molecule has 0 saturated carbocycles. The standard InChI is InChI=1S/C21H16F4N2O4S.C6H12O2/c1-30-19-12-14(6-7-15(19)22)32(28,29)27-9-10-31-18-8-5-13(11-17(18)27)16-3-2-4-20(26-16)21(23,24)25;1-4-6(2,3)5(7)8/h2-8,11-12H,9-10H2,1H3;4H2,1-3H3,(H,7,8). The third-order valence-electron chi connectivity index (χ3n) is 6.29. The van der Waals surface area contributed by atoms with Gasteiger partial charge < -0.3 is 14.6 Å². The van der Waals surface area contributed by atoms with Crippen LogP contribution in [0.2, 0.25) is 0 Å². The van der Waals surface area contributed by atoms with E-state index in [1.807, 2.05) is 6.92 Å². The van der Waals surface area contributed by atoms with Crippen LogP contribution in [0.1, 0.15) is 32.9 Å². The first kappa shape index (κ1) is 30.7. The van der Waals surface area contributed by atoms with Gasteiger partial charge in [-0.05, 0) is 62.7 Å². The topological polar surface area (TPSA) is 106 Å². The van der Waals surface area contributed by atoms with E-state index < -0.39 is 39.1 Å². The summed E-state index contributed by atoms with van der Waals surface area (Å²) in [4.78, 5) is 13.7. The van der Waals surface area contributed by atoms with Crippen molar-refractivity contribution in [1.82, 2.24) is 4.98 Å². The summed E-state index contributed by atoms with van der Waals surface area (Å²) in [6.45, 7) is 5.32. The van der Waals surface area contributed by atoms with E-state index in [9.17, 15) is 30.8 Å². The number of carboxylic acids is 1. The zero-order valence-electron chi connectivity index (χ0n) is 22.1. The van der Waals surface area contributed by atoms with Crippen molar-refractivity contribution in [2.45, 2.75) is 38.3 Å². The van der Waals surface area contributed by atoms with E-state index in [2.05, 4.69) is 4.98 Å². The van der Waals surface area contributed by atoms with Crippen LogP contribution in [0.5, 0.6) is 11.5 Å². The van der Waals surface area contributed by atoms with Gasteiger partial charge in [-0.25, -0.2) is 17.8 Å². The molecule has 216 valence electrons. The normalized spacial score (nSPS) is 13.4. The highest BCUT2D eigenvalue weighted by Crippen LogP contribution is 2.39. The number of rotatable bonds is 6. The number of aromatic nitrogens is 1. The van der Waals surface area contributed by atoms with E-state index in [0.29, 0.717) is 6.42 Å². The Balaban J connectivity index is 0.000000482. The lowest BCUT2D eigenvalue weighted by Crippen LogP contribution is -2.38. The average molecular weight is 585 g/mol. The molecule has 1 N–H and O–H groups in total. The first-order valence-corrected chi connectivity index (χ1v) is 13.5. The second-order valence-electron chi connectivity index (χ2n) is 9.35. The molecule has 1 aliphatic heterocycles. The molecule has 13 heteroatoms. The van der Waals surface area contributed by atoms with E-state index in [1.54, 1.807) is 13.8 Å². The minimum atomic E-state index is -4.62. The molecule has 0 amide bonds. The molecule has 2 heterocycles. The van der Waals surface area contributed by atoms with E-state index in [1.165, 1.54) is 37.4 Å². The number of sulfonamides is 1. The molecule has 0 spiro atoms. The molecule has 4 rings (SSSR count). The molecule has 0 unspecified atom stereocenters. The Morgan fingerprint density at radius 3 is 2.40 bits per heavy atom. The second-order valence-corrected chi connectivity index (χ2v) is 11.2. The summed E-state index contributed by atoms with van der Waals surface area (Å²) < 4.78 is 90.9. The van der Waals surface area contributed by atoms with Crippen LogP contribution in [0.25, 0.3) is 11.3 Å². The van der Waals surface area contributed by atoms with Gasteiger partial charge in [0.25, 0.3) is 10.0 Å². The number of hydrogen-bond donors (Lipinski definition) is 1. The van der Waals surface area contributed by atoms with Gasteiger partial charge >= 0.3 is 12.1 Å². The quantitative estimate of drug-likeness (QED) is 0.354. The number of anilines is 1. The Hall–Kier alpha value is -3.87. The first-order chi connectivity index (χ1) is 18.6. The molecular weight excluding hydrogens is 556 g/mol. The molecule has 0 fully saturated rings. The van der Waals surface area contributed by atoms with Crippen molar-refractivity contribution < 1.29 is 45.4 Å². The molecule has 40 heavy (non-hydrogen) atoms. The maximum Gasteiger partial charge on any atom is 0.433 e. The number of carboxylic acid groups (broad SMARTS) is 1. The Kier molecular flexibility index (Phi) is 8.97. The van der Waals surface area contributed by atoms with E-state index >= 15 is 0 Å². The highest BCUT2D eigenvalue weighted by molar-refractivity contribution is 7.92. The summed E-state index contributed by atoms with van der Waals surface area (Å²) in [6.07, 6.45) is -3.94. The van der Waals surface area contributed by atoms with E-state index in [-0.39, 0.29) is 46.5 Å². The number of fused-ring (bicyclic) bond motifs is 1. The van der Waals surface area contributed by atoms with Gasteiger partial charge in [0.15, 0.2) is 11.6 Å². The van der Waals surface area contributed by atoms with Gasteiger partial charge in [0.1, 0.15) is 18.1 Å². The summed E-state index contributed by atoms with van der Waals surface area (Å²) in [6, 6.07) is 11.0. The Morgan fingerprint density at radius 1 is 1.12 bits per heavy atom. The predicted octanol–water partition coefficient (Wildman–Crippen LogP) is 6.01. The van der Waals surface area contributed by atoms with Crippen LogP contribution in [0, 0.1) is 11.2 Å². The lowest BCUT2D eigenvalue weighted by atomic mass is 9.91. The van der Waals surface area contributed by atoms with Crippen LogP contribution in [0.4, 0.5) is 23.2 Å². The van der Waals surface area contributed by atoms with E-state index in [0.717, 1.165) is 28.6 Å². The lowest BCUT2D eigenvalue weighted by Gasteiger charge is -2.31. The van der Waals surface area contributed by atoms with Gasteiger partial charge in [0.2, 0.25) is 0 Å². The smallest absolute Gasteiger partial charge is 0.433 e. The maximum absolute atomic E-state index is 13.8. The maximum atomic E-state index is 13.8. The molecule has 0 atom stereocenters. The van der Waals surface area contributed by atoms with Crippen LogP contribution in [0.3, 0.4) is 0 Å². The lowest BCUT2D eigenvalue weighted by molar-refractivity contribution is -0.147. The molecular formula is C27H28F4N2O6S. The zero-order chi connectivity index (χ0) is 29.9. The van der Waals surface area contributed by atoms with Gasteiger partial charge in [-0.2, -0.15) is 13.2 Å². The minimum absolute atomic E-state index is 0.0222. The number of benzene rings is 2. The first-order valence-electron chi connectivity index (χ1n) is 12.0. The molecule has 0 saturated heterocycles. The highest BCUT2D eigenvalue weighted by Gasteiger charge is 2.34. The number of hydrogen-bond acceptors (Lipinski definition) is 6. The zero-order valence-corrected chi connectivity index (χ0v) is 22.9. The largest absolute Gasteiger partial charge is 0.494 e. The van der Waals surface area contributed by atoms with Crippen molar-refractivity contribution >= 4 is 21.7 Å². The van der Waals surface area contributed by atoms with Crippen LogP contribution in [-0.2, 0) is 21.0 Å². The fourth-order valence-corrected chi connectivity index (χ4v) is 4.90. The minimum Gasteiger partial charge on any atom is -0.494 e. The Bertz CT molecular complexity index is 1490. The predicted molar refractivity (Wildman–Crippen MR) is 139 cm³/mol. The van der Waals surface area contributed by atoms with Crippen LogP contribution in [0.15, 0.2) is 59.5 Å². The molecule has 0 radical (unpaired) electrons. The van der Waals surface area contributed by atoms with Crippen molar-refractivity contribution in [3.8, 4) is 22.8 Å². The third kappa shape index (κ3) is 6.64. The number of methoxy groups -OCH3 is 1. The molecule has 8 nitrogen and oxygen atoms in total. The number of aliphatic carboxylic acids is 1. The van der Waals surface area contributed by atoms with Crippen molar-refractivity contribution in [3.05, 3.63) is 66.1 Å². The molecule has 1 aliphatic rings. The third-order valence-corrected chi connectivity index (χ3v) is 8.10. The monoisotopic (exact) mass is 584 g/mol. The highest BCUT2D eigenvalue weighted by atomic mass is 32.2. The summed E-state index contributed by atoms with van der Waals surface area (Å²) >= 11 is 0. The number of ether oxygens (including phenoxy) is 2. The molecule has 0 bridgehead atoms. The van der Waals surface area contributed by atoms with Crippen molar-refractivity contribution in [3.63, 3.8) is 0 Å². The number of halogens is 4. The fourth-order valence-electron chi connectivity index (χ4n) is 3.43. The van der Waals surface area contributed by atoms with Crippen LogP contribution < -0.4 is 13.8 Å². The summed E-state index contributed by atoms with van der Waals surface area (Å²) in [5.74, 6) is -1.43. The van der Waals surface area contributed by atoms with Crippen molar-refractivity contribution in [1.29, 1.82) is 0 Å². The second kappa shape index (κ2) is 11.7. The Morgan fingerprint density at radius 2 is 1.82 bits per heavy atom. The summed E-state index contributed by atoms with van der Waals surface area (Å²) in [7, 11) is -2.93. The number of carbonyl (C=O) groups is 1. The van der Waals surface area contributed by atoms with Gasteiger partial charge in [-0.1, -0.05) is 13.0 Å². The van der Waals surface area contributed by atoms with E-state index in [4.69, 9.17) is 14.6 Å². The van der Waals surface area contributed by atoms with Gasteiger partial charge in [0.05, 0.1) is 35.3 Å². The average Bonchev–Trinajstić information content (AvgIpc) is 2.92. The number of pyridine rings is 1. The molecule has 2 aromatic carbocycles. The molecule has 0 aliphatic carbocycles. The molecule has 1 aromatic heterocycles. The van der Waals surface area contributed by atoms with Crippen molar-refractivity contribution in [2.24, 2.45) is 5.41 Å². The fraction of sp³-hybridized carbons (Fsp3) is 0.333. The summed E-state index contributed by atoms with van der Waals surface area (Å²) in [5, 5.41) is 8.44. The molecule has 3 aromatic rings. The number of nitrogens with zero attached hydrogens (tertiary/aromatic N) is 2. The number of alkyl halides is 3. The Labute approximate surface area is 229 Å².